The summed E-state index contributed by atoms with van der Waals surface area (Å²) in [5, 5.41) is 9.16. The van der Waals surface area contributed by atoms with Gasteiger partial charge in [-0.05, 0) is 36.1 Å². The van der Waals surface area contributed by atoms with Crippen LogP contribution < -0.4 is 0 Å². The van der Waals surface area contributed by atoms with Gasteiger partial charge in [-0.1, -0.05) is 13.8 Å². The molecule has 1 aromatic rings. The van der Waals surface area contributed by atoms with Crippen LogP contribution in [0.4, 0.5) is 0 Å². The molecular formula is C12H17NO3S. The molecule has 5 heteroatoms. The zero-order valence-electron chi connectivity index (χ0n) is 10.0. The minimum Gasteiger partial charge on any atom is -0.508 e. The highest BCUT2D eigenvalue weighted by atomic mass is 32.2. The van der Waals surface area contributed by atoms with Gasteiger partial charge < -0.3 is 5.11 Å². The Balaban J connectivity index is 2.29. The van der Waals surface area contributed by atoms with Crippen LogP contribution in [0.1, 0.15) is 20.3 Å². The molecule has 0 radical (unpaired) electrons. The molecule has 1 fully saturated rings. The van der Waals surface area contributed by atoms with Crippen molar-refractivity contribution in [2.75, 3.05) is 13.1 Å². The molecule has 1 heterocycles. The second-order valence-corrected chi connectivity index (χ2v) is 7.18. The highest BCUT2D eigenvalue weighted by Gasteiger charge is 2.36. The number of hydrogen-bond donors (Lipinski definition) is 1. The highest BCUT2D eigenvalue weighted by molar-refractivity contribution is 7.89. The molecule has 0 bridgehead atoms. The quantitative estimate of drug-likeness (QED) is 0.877. The van der Waals surface area contributed by atoms with Crippen molar-refractivity contribution in [1.82, 2.24) is 4.31 Å². The molecule has 0 atom stereocenters. The first-order chi connectivity index (χ1) is 7.81. The zero-order valence-corrected chi connectivity index (χ0v) is 10.9. The summed E-state index contributed by atoms with van der Waals surface area (Å²) < 4.78 is 26.1. The summed E-state index contributed by atoms with van der Waals surface area (Å²) in [6, 6.07) is 5.67. The van der Waals surface area contributed by atoms with E-state index in [1.54, 1.807) is 0 Å². The van der Waals surface area contributed by atoms with Crippen LogP contribution in [0.25, 0.3) is 0 Å². The van der Waals surface area contributed by atoms with Gasteiger partial charge in [0, 0.05) is 13.1 Å². The van der Waals surface area contributed by atoms with E-state index in [0.29, 0.717) is 13.1 Å². The lowest BCUT2D eigenvalue weighted by atomic mass is 9.93. The fourth-order valence-electron chi connectivity index (χ4n) is 2.04. The van der Waals surface area contributed by atoms with Gasteiger partial charge in [0.2, 0.25) is 10.0 Å². The van der Waals surface area contributed by atoms with Crippen molar-refractivity contribution in [3.63, 3.8) is 0 Å². The molecule has 0 aromatic heterocycles. The van der Waals surface area contributed by atoms with Crippen molar-refractivity contribution in [3.8, 4) is 5.75 Å². The molecule has 17 heavy (non-hydrogen) atoms. The minimum absolute atomic E-state index is 0.0456. The van der Waals surface area contributed by atoms with E-state index < -0.39 is 10.0 Å². The molecule has 1 aliphatic heterocycles. The molecule has 1 saturated heterocycles. The molecule has 0 saturated carbocycles. The fourth-order valence-corrected chi connectivity index (χ4v) is 3.66. The van der Waals surface area contributed by atoms with E-state index in [1.165, 1.54) is 28.6 Å². The Kier molecular flexibility index (Phi) is 2.91. The molecule has 94 valence electrons. The topological polar surface area (TPSA) is 57.6 Å². The Hall–Kier alpha value is -1.07. The van der Waals surface area contributed by atoms with Gasteiger partial charge >= 0.3 is 0 Å². The normalized spacial score (nSPS) is 20.6. The first kappa shape index (κ1) is 12.4. The Bertz CT molecular complexity index is 505. The number of aromatic hydroxyl groups is 1. The number of nitrogens with zero attached hydrogens (tertiary/aromatic N) is 1. The van der Waals surface area contributed by atoms with Crippen LogP contribution in [0, 0.1) is 5.41 Å². The zero-order chi connectivity index (χ0) is 12.7. The predicted octanol–water partition coefficient (Wildman–Crippen LogP) is 1.81. The summed E-state index contributed by atoms with van der Waals surface area (Å²) in [6.45, 7) is 5.26. The van der Waals surface area contributed by atoms with E-state index in [0.717, 1.165) is 6.42 Å². The van der Waals surface area contributed by atoms with Crippen molar-refractivity contribution in [2.45, 2.75) is 25.2 Å². The largest absolute Gasteiger partial charge is 0.508 e. The van der Waals surface area contributed by atoms with Gasteiger partial charge in [0.1, 0.15) is 5.75 Å². The van der Waals surface area contributed by atoms with Gasteiger partial charge in [-0.2, -0.15) is 4.31 Å². The second kappa shape index (κ2) is 3.99. The first-order valence-corrected chi connectivity index (χ1v) is 7.04. The molecule has 1 aromatic carbocycles. The molecule has 1 N–H and O–H groups in total. The standard InChI is InChI=1S/C12H17NO3S/c1-12(2)7-8-13(9-12)17(15,16)11-5-3-10(14)4-6-11/h3-6,14H,7-9H2,1-2H3. The van der Waals surface area contributed by atoms with Crippen LogP contribution in [-0.4, -0.2) is 30.9 Å². The summed E-state index contributed by atoms with van der Waals surface area (Å²) in [4.78, 5) is 0.244. The third-order valence-electron chi connectivity index (χ3n) is 3.12. The Morgan fingerprint density at radius 3 is 2.29 bits per heavy atom. The Morgan fingerprint density at radius 2 is 1.82 bits per heavy atom. The smallest absolute Gasteiger partial charge is 0.243 e. The van der Waals surface area contributed by atoms with Crippen LogP contribution in [-0.2, 0) is 10.0 Å². The third-order valence-corrected chi connectivity index (χ3v) is 4.98. The van der Waals surface area contributed by atoms with E-state index in [1.807, 2.05) is 0 Å². The Morgan fingerprint density at radius 1 is 1.24 bits per heavy atom. The second-order valence-electron chi connectivity index (χ2n) is 5.25. The number of hydrogen-bond acceptors (Lipinski definition) is 3. The lowest BCUT2D eigenvalue weighted by molar-refractivity contribution is 0.375. The maximum absolute atomic E-state index is 12.3. The van der Waals surface area contributed by atoms with Crippen LogP contribution in [0.5, 0.6) is 5.75 Å². The third kappa shape index (κ3) is 2.45. The maximum Gasteiger partial charge on any atom is 0.243 e. The number of sulfonamides is 1. The van der Waals surface area contributed by atoms with E-state index >= 15 is 0 Å². The van der Waals surface area contributed by atoms with Gasteiger partial charge in [0.25, 0.3) is 0 Å². The highest BCUT2D eigenvalue weighted by Crippen LogP contribution is 2.32. The minimum atomic E-state index is -3.40. The van der Waals surface area contributed by atoms with Crippen molar-refractivity contribution in [2.24, 2.45) is 5.41 Å². The Labute approximate surface area is 102 Å². The summed E-state index contributed by atoms with van der Waals surface area (Å²) >= 11 is 0. The summed E-state index contributed by atoms with van der Waals surface area (Å²) in [5.74, 6) is 0.0747. The SMILES string of the molecule is CC1(C)CCN(S(=O)(=O)c2ccc(O)cc2)C1. The van der Waals surface area contributed by atoms with Crippen molar-refractivity contribution in [1.29, 1.82) is 0 Å². The number of benzene rings is 1. The summed E-state index contributed by atoms with van der Waals surface area (Å²) in [6.07, 6.45) is 0.879. The number of rotatable bonds is 2. The van der Waals surface area contributed by atoms with Gasteiger partial charge in [-0.25, -0.2) is 8.42 Å². The maximum atomic E-state index is 12.3. The van der Waals surface area contributed by atoms with Crippen LogP contribution in [0.2, 0.25) is 0 Å². The average Bonchev–Trinajstić information content (AvgIpc) is 2.60. The van der Waals surface area contributed by atoms with Gasteiger partial charge in [-0.15, -0.1) is 0 Å². The molecule has 0 aliphatic carbocycles. The lowest BCUT2D eigenvalue weighted by Gasteiger charge is -2.19. The summed E-state index contributed by atoms with van der Waals surface area (Å²) in [5.41, 5.74) is 0.0456. The lowest BCUT2D eigenvalue weighted by Crippen LogP contribution is -2.30. The molecule has 1 aliphatic rings. The van der Waals surface area contributed by atoms with Crippen molar-refractivity contribution >= 4 is 10.0 Å². The van der Waals surface area contributed by atoms with E-state index in [2.05, 4.69) is 13.8 Å². The number of phenolic OH excluding ortho intramolecular Hbond substituents is 1. The molecule has 0 amide bonds. The molecule has 0 unspecified atom stereocenters. The monoisotopic (exact) mass is 255 g/mol. The van der Waals surface area contributed by atoms with E-state index in [4.69, 9.17) is 5.11 Å². The van der Waals surface area contributed by atoms with Crippen LogP contribution in [0.3, 0.4) is 0 Å². The fraction of sp³-hybridized carbons (Fsp3) is 0.500. The predicted molar refractivity (Wildman–Crippen MR) is 65.3 cm³/mol. The average molecular weight is 255 g/mol. The van der Waals surface area contributed by atoms with Crippen LogP contribution in [0.15, 0.2) is 29.2 Å². The first-order valence-electron chi connectivity index (χ1n) is 5.60. The van der Waals surface area contributed by atoms with Gasteiger partial charge in [-0.3, -0.25) is 0 Å². The van der Waals surface area contributed by atoms with Gasteiger partial charge in [0.05, 0.1) is 4.90 Å². The molecule has 2 rings (SSSR count). The van der Waals surface area contributed by atoms with Crippen molar-refractivity contribution in [3.05, 3.63) is 24.3 Å². The molecule has 4 nitrogen and oxygen atoms in total. The molecule has 0 spiro atoms. The van der Waals surface area contributed by atoms with E-state index in [9.17, 15) is 8.42 Å². The number of phenols is 1. The van der Waals surface area contributed by atoms with Crippen molar-refractivity contribution < 1.29 is 13.5 Å². The summed E-state index contributed by atoms with van der Waals surface area (Å²) in [7, 11) is -3.40. The van der Waals surface area contributed by atoms with Gasteiger partial charge in [0.15, 0.2) is 0 Å². The molecular weight excluding hydrogens is 238 g/mol. The van der Waals surface area contributed by atoms with Crippen LogP contribution >= 0.6 is 0 Å². The van der Waals surface area contributed by atoms with E-state index in [-0.39, 0.29) is 16.1 Å².